The molecule has 0 radical (unpaired) electrons. The molecule has 0 aliphatic rings. The van der Waals surface area contributed by atoms with E-state index in [9.17, 15) is 18.0 Å². The van der Waals surface area contributed by atoms with E-state index in [1.54, 1.807) is 0 Å². The molecule has 0 aromatic heterocycles. The molecule has 0 heterocycles. The largest absolute Gasteiger partial charge is 0.416 e. The molecule has 17 heavy (non-hydrogen) atoms. The molecule has 2 nitrogen and oxygen atoms in total. The molecule has 1 rings (SSSR count). The highest BCUT2D eigenvalue weighted by Crippen LogP contribution is 2.31. The fourth-order valence-electron chi connectivity index (χ4n) is 1.40. The molecule has 0 aliphatic carbocycles. The van der Waals surface area contributed by atoms with Crippen LogP contribution < -0.4 is 5.32 Å². The van der Waals surface area contributed by atoms with Crippen molar-refractivity contribution in [1.29, 1.82) is 0 Å². The van der Waals surface area contributed by atoms with Gasteiger partial charge in [-0.25, -0.2) is 0 Å². The minimum Gasteiger partial charge on any atom is -0.355 e. The van der Waals surface area contributed by atoms with Crippen molar-refractivity contribution >= 4 is 17.5 Å². The van der Waals surface area contributed by atoms with Gasteiger partial charge in [-0.2, -0.15) is 13.2 Å². The van der Waals surface area contributed by atoms with Gasteiger partial charge >= 0.3 is 6.18 Å². The molecule has 0 saturated heterocycles. The van der Waals surface area contributed by atoms with E-state index in [1.165, 1.54) is 18.2 Å². The molecule has 0 unspecified atom stereocenters. The number of nitrogens with one attached hydrogen (secondary N) is 1. The smallest absolute Gasteiger partial charge is 0.355 e. The summed E-state index contributed by atoms with van der Waals surface area (Å²) in [5.74, 6) is -0.586. The third-order valence-corrected chi connectivity index (χ3v) is 2.40. The van der Waals surface area contributed by atoms with E-state index < -0.39 is 17.6 Å². The summed E-state index contributed by atoms with van der Waals surface area (Å²) in [6.45, 7) is 0.138. The minimum atomic E-state index is -4.37. The topological polar surface area (TPSA) is 29.1 Å². The fourth-order valence-corrected chi connectivity index (χ4v) is 1.49. The lowest BCUT2D eigenvalue weighted by atomic mass is 10.0. The lowest BCUT2D eigenvalue weighted by Crippen LogP contribution is -2.27. The van der Waals surface area contributed by atoms with E-state index in [2.05, 4.69) is 5.32 Å². The normalized spacial score (nSPS) is 11.3. The molecule has 94 valence electrons. The van der Waals surface area contributed by atoms with Gasteiger partial charge in [0.05, 0.1) is 5.56 Å². The van der Waals surface area contributed by atoms with Crippen molar-refractivity contribution in [1.82, 2.24) is 5.32 Å². The highest BCUT2D eigenvalue weighted by molar-refractivity contribution is 6.27. The van der Waals surface area contributed by atoms with E-state index in [0.29, 0.717) is 0 Å². The second-order valence-electron chi connectivity index (χ2n) is 3.39. The summed E-state index contributed by atoms with van der Waals surface area (Å²) in [6.07, 6.45) is -4.24. The number of halogens is 4. The Kier molecular flexibility index (Phi) is 4.81. The van der Waals surface area contributed by atoms with Crippen LogP contribution in [0.2, 0.25) is 0 Å². The summed E-state index contributed by atoms with van der Waals surface area (Å²) >= 11 is 5.25. The van der Waals surface area contributed by atoms with E-state index in [0.717, 1.165) is 6.07 Å². The lowest BCUT2D eigenvalue weighted by molar-refractivity contribution is -0.138. The maximum Gasteiger partial charge on any atom is 0.416 e. The number of alkyl halides is 4. The molecule has 1 aromatic rings. The zero-order valence-electron chi connectivity index (χ0n) is 8.85. The van der Waals surface area contributed by atoms with Crippen molar-refractivity contribution in [3.8, 4) is 0 Å². The Bertz CT molecular complexity index is 393. The average molecular weight is 266 g/mol. The third-order valence-electron chi connectivity index (χ3n) is 2.16. The molecule has 6 heteroatoms. The summed E-state index contributed by atoms with van der Waals surface area (Å²) in [5, 5.41) is 2.42. The first-order valence-electron chi connectivity index (χ1n) is 4.93. The first-order chi connectivity index (χ1) is 7.95. The predicted molar refractivity (Wildman–Crippen MR) is 58.9 cm³/mol. The maximum absolute atomic E-state index is 12.6. The van der Waals surface area contributed by atoms with Crippen molar-refractivity contribution in [3.05, 3.63) is 35.4 Å². The minimum absolute atomic E-state index is 0.123. The van der Waals surface area contributed by atoms with Crippen molar-refractivity contribution in [2.24, 2.45) is 0 Å². The van der Waals surface area contributed by atoms with Crippen molar-refractivity contribution in [2.75, 3.05) is 12.4 Å². The molecule has 0 saturated carbocycles. The van der Waals surface area contributed by atoms with Crippen molar-refractivity contribution < 1.29 is 18.0 Å². The van der Waals surface area contributed by atoms with E-state index >= 15 is 0 Å². The fraction of sp³-hybridized carbons (Fsp3) is 0.364. The predicted octanol–water partition coefficient (Wildman–Crippen LogP) is 2.60. The summed E-state index contributed by atoms with van der Waals surface area (Å²) in [5.41, 5.74) is -0.505. The Morgan fingerprint density at radius 3 is 2.53 bits per heavy atom. The van der Waals surface area contributed by atoms with Gasteiger partial charge in [0, 0.05) is 6.54 Å². The zero-order valence-corrected chi connectivity index (χ0v) is 9.61. The van der Waals surface area contributed by atoms with Gasteiger partial charge in [-0.1, -0.05) is 18.2 Å². The van der Waals surface area contributed by atoms with Gasteiger partial charge < -0.3 is 5.32 Å². The molecule has 1 amide bonds. The number of amides is 1. The van der Waals surface area contributed by atoms with Crippen LogP contribution in [0.15, 0.2) is 24.3 Å². The first-order valence-corrected chi connectivity index (χ1v) is 5.46. The van der Waals surface area contributed by atoms with Crippen LogP contribution in [-0.2, 0) is 17.4 Å². The second kappa shape index (κ2) is 5.91. The van der Waals surface area contributed by atoms with E-state index in [1.807, 2.05) is 0 Å². The van der Waals surface area contributed by atoms with Crippen LogP contribution in [0, 0.1) is 0 Å². The maximum atomic E-state index is 12.6. The van der Waals surface area contributed by atoms with E-state index in [-0.39, 0.29) is 24.4 Å². The van der Waals surface area contributed by atoms with E-state index in [4.69, 9.17) is 11.6 Å². The first kappa shape index (κ1) is 13.8. The van der Waals surface area contributed by atoms with Crippen LogP contribution >= 0.6 is 11.6 Å². The van der Waals surface area contributed by atoms with Crippen molar-refractivity contribution in [3.63, 3.8) is 0 Å². The number of carbonyl (C=O) groups is 1. The van der Waals surface area contributed by atoms with Gasteiger partial charge in [-0.15, -0.1) is 11.6 Å². The van der Waals surface area contributed by atoms with Gasteiger partial charge in [0.25, 0.3) is 0 Å². The quantitative estimate of drug-likeness (QED) is 0.833. The highest BCUT2D eigenvalue weighted by Gasteiger charge is 2.32. The highest BCUT2D eigenvalue weighted by atomic mass is 35.5. The molecule has 1 aromatic carbocycles. The molecule has 0 spiro atoms. The molecule has 0 aliphatic heterocycles. The van der Waals surface area contributed by atoms with Gasteiger partial charge in [0.2, 0.25) is 5.91 Å². The van der Waals surface area contributed by atoms with Gasteiger partial charge in [-0.05, 0) is 18.1 Å². The van der Waals surface area contributed by atoms with Crippen LogP contribution in [0.4, 0.5) is 13.2 Å². The Balaban J connectivity index is 2.68. The summed E-state index contributed by atoms with van der Waals surface area (Å²) in [7, 11) is 0. The number of hydrogen-bond acceptors (Lipinski definition) is 1. The van der Waals surface area contributed by atoms with Gasteiger partial charge in [-0.3, -0.25) is 4.79 Å². The number of benzene rings is 1. The lowest BCUT2D eigenvalue weighted by Gasteiger charge is -2.12. The van der Waals surface area contributed by atoms with Gasteiger partial charge in [0.15, 0.2) is 0 Å². The van der Waals surface area contributed by atoms with Crippen molar-refractivity contribution in [2.45, 2.75) is 12.6 Å². The van der Waals surface area contributed by atoms with Crippen LogP contribution in [0.3, 0.4) is 0 Å². The molecule has 0 bridgehead atoms. The van der Waals surface area contributed by atoms with Crippen LogP contribution in [-0.4, -0.2) is 18.3 Å². The Hall–Kier alpha value is -1.23. The standard InChI is InChI=1S/C11H11ClF3NO/c12-7-10(17)16-6-5-8-3-1-2-4-9(8)11(13,14)15/h1-4H,5-7H2,(H,16,17). The average Bonchev–Trinajstić information content (AvgIpc) is 2.28. The number of hydrogen-bond donors (Lipinski definition) is 1. The van der Waals surface area contributed by atoms with Crippen LogP contribution in [0.25, 0.3) is 0 Å². The molecular weight excluding hydrogens is 255 g/mol. The monoisotopic (exact) mass is 265 g/mol. The molecule has 0 atom stereocenters. The van der Waals surface area contributed by atoms with Crippen LogP contribution in [0.1, 0.15) is 11.1 Å². The Labute approximate surface area is 102 Å². The Morgan fingerprint density at radius 1 is 1.29 bits per heavy atom. The molecular formula is C11H11ClF3NO. The third kappa shape index (κ3) is 4.26. The summed E-state index contributed by atoms with van der Waals surface area (Å²) in [6, 6.07) is 5.30. The second-order valence-corrected chi connectivity index (χ2v) is 3.66. The summed E-state index contributed by atoms with van der Waals surface area (Å²) < 4.78 is 37.8. The van der Waals surface area contributed by atoms with Gasteiger partial charge in [0.1, 0.15) is 5.88 Å². The van der Waals surface area contributed by atoms with Crippen LogP contribution in [0.5, 0.6) is 0 Å². The SMILES string of the molecule is O=C(CCl)NCCc1ccccc1C(F)(F)F. The number of carbonyl (C=O) groups excluding carboxylic acids is 1. The Morgan fingerprint density at radius 2 is 1.94 bits per heavy atom. The molecule has 1 N–H and O–H groups in total. The number of rotatable bonds is 4. The summed E-state index contributed by atoms with van der Waals surface area (Å²) in [4.78, 5) is 10.8. The molecule has 0 fully saturated rings. The zero-order chi connectivity index (χ0) is 12.9.